The van der Waals surface area contributed by atoms with E-state index in [0.717, 1.165) is 19.4 Å². The number of hydrogen-bond donors (Lipinski definition) is 1. The lowest BCUT2D eigenvalue weighted by Crippen LogP contribution is -2.36. The van der Waals surface area contributed by atoms with Gasteiger partial charge < -0.3 is 10.1 Å². The summed E-state index contributed by atoms with van der Waals surface area (Å²) in [7, 11) is 1.77. The molecule has 0 aromatic heterocycles. The fraction of sp³-hybridized carbons (Fsp3) is 0.500. The maximum Gasteiger partial charge on any atom is 0.0977 e. The van der Waals surface area contributed by atoms with Crippen LogP contribution in [0.2, 0.25) is 0 Å². The number of hydrogen-bond acceptors (Lipinski definition) is 2. The van der Waals surface area contributed by atoms with Crippen LogP contribution in [-0.4, -0.2) is 19.7 Å². The molecule has 2 unspecified atom stereocenters. The van der Waals surface area contributed by atoms with Crippen molar-refractivity contribution in [2.24, 2.45) is 0 Å². The van der Waals surface area contributed by atoms with Gasteiger partial charge in [-0.15, -0.1) is 6.58 Å². The lowest BCUT2D eigenvalue weighted by Gasteiger charge is -2.27. The number of nitrogens with one attached hydrogen (secondary N) is 1. The molecule has 0 aliphatic heterocycles. The molecule has 0 bridgehead atoms. The van der Waals surface area contributed by atoms with Gasteiger partial charge in [0.05, 0.1) is 6.10 Å². The smallest absolute Gasteiger partial charge is 0.0977 e. The van der Waals surface area contributed by atoms with Crippen molar-refractivity contribution < 1.29 is 4.74 Å². The van der Waals surface area contributed by atoms with Gasteiger partial charge in [-0.3, -0.25) is 0 Å². The van der Waals surface area contributed by atoms with Gasteiger partial charge >= 0.3 is 0 Å². The highest BCUT2D eigenvalue weighted by molar-refractivity contribution is 5.20. The molecule has 1 N–H and O–H groups in total. The van der Waals surface area contributed by atoms with Gasteiger partial charge in [-0.1, -0.05) is 42.8 Å². The van der Waals surface area contributed by atoms with Crippen molar-refractivity contribution in [3.63, 3.8) is 0 Å². The van der Waals surface area contributed by atoms with Gasteiger partial charge in [0.25, 0.3) is 0 Å². The first-order chi connectivity index (χ1) is 8.69. The summed E-state index contributed by atoms with van der Waals surface area (Å²) in [5, 5.41) is 3.56. The summed E-state index contributed by atoms with van der Waals surface area (Å²) < 4.78 is 5.69. The van der Waals surface area contributed by atoms with E-state index in [1.165, 1.54) is 11.1 Å². The van der Waals surface area contributed by atoms with E-state index in [0.29, 0.717) is 0 Å². The molecule has 0 fully saturated rings. The molecule has 0 saturated carbocycles. The third-order valence-electron chi connectivity index (χ3n) is 2.97. The van der Waals surface area contributed by atoms with Crippen LogP contribution in [0.3, 0.4) is 0 Å². The van der Waals surface area contributed by atoms with Crippen molar-refractivity contribution in [2.75, 3.05) is 13.7 Å². The Morgan fingerprint density at radius 1 is 1.33 bits per heavy atom. The van der Waals surface area contributed by atoms with Crippen LogP contribution < -0.4 is 5.32 Å². The van der Waals surface area contributed by atoms with Gasteiger partial charge in [-0.05, 0) is 31.9 Å². The maximum atomic E-state index is 5.69. The fourth-order valence-corrected chi connectivity index (χ4v) is 2.17. The van der Waals surface area contributed by atoms with Gasteiger partial charge in [-0.2, -0.15) is 0 Å². The molecule has 0 spiro atoms. The molecule has 0 aliphatic carbocycles. The van der Waals surface area contributed by atoms with Crippen molar-refractivity contribution >= 4 is 0 Å². The number of ether oxygens (including phenoxy) is 1. The Balaban J connectivity index is 2.82. The van der Waals surface area contributed by atoms with Crippen LogP contribution in [0.4, 0.5) is 0 Å². The van der Waals surface area contributed by atoms with E-state index in [2.05, 4.69) is 50.0 Å². The average Bonchev–Trinajstić information content (AvgIpc) is 2.37. The summed E-state index contributed by atoms with van der Waals surface area (Å²) in [4.78, 5) is 0. The quantitative estimate of drug-likeness (QED) is 0.707. The molecule has 100 valence electrons. The fourth-order valence-electron chi connectivity index (χ4n) is 2.17. The van der Waals surface area contributed by atoms with Crippen LogP contribution in [-0.2, 0) is 4.74 Å². The molecule has 0 aliphatic rings. The summed E-state index contributed by atoms with van der Waals surface area (Å²) in [5.74, 6) is 0. The topological polar surface area (TPSA) is 21.3 Å². The van der Waals surface area contributed by atoms with E-state index < -0.39 is 0 Å². The zero-order chi connectivity index (χ0) is 13.4. The predicted octanol–water partition coefficient (Wildman–Crippen LogP) is 3.71. The summed E-state index contributed by atoms with van der Waals surface area (Å²) in [6.07, 6.45) is 2.14. The molecule has 1 aromatic carbocycles. The monoisotopic (exact) mass is 247 g/mol. The number of benzene rings is 1. The summed E-state index contributed by atoms with van der Waals surface area (Å²) in [5.41, 5.74) is 2.40. The summed E-state index contributed by atoms with van der Waals surface area (Å²) in [6.45, 7) is 9.27. The highest BCUT2D eigenvalue weighted by Crippen LogP contribution is 2.24. The minimum atomic E-state index is 0.0782. The lowest BCUT2D eigenvalue weighted by atomic mass is 9.97. The van der Waals surface area contributed by atoms with Crippen LogP contribution in [0, 0.1) is 0 Å². The minimum Gasteiger partial charge on any atom is -0.375 e. The van der Waals surface area contributed by atoms with Crippen molar-refractivity contribution in [1.29, 1.82) is 0 Å². The van der Waals surface area contributed by atoms with Crippen LogP contribution in [0.1, 0.15) is 38.4 Å². The molecular weight excluding hydrogens is 222 g/mol. The molecule has 2 atom stereocenters. The standard InChI is InChI=1S/C16H25NO/c1-5-11-17-15(12-13(2)3)16(18-4)14-9-7-6-8-10-14/h6-10,15-17H,2,5,11-12H2,1,3-4H3. The lowest BCUT2D eigenvalue weighted by molar-refractivity contribution is 0.0679. The van der Waals surface area contributed by atoms with Gasteiger partial charge in [0.15, 0.2) is 0 Å². The second-order valence-corrected chi connectivity index (χ2v) is 4.79. The Morgan fingerprint density at radius 3 is 2.50 bits per heavy atom. The van der Waals surface area contributed by atoms with E-state index in [4.69, 9.17) is 4.74 Å². The molecule has 0 heterocycles. The summed E-state index contributed by atoms with van der Waals surface area (Å²) >= 11 is 0. The van der Waals surface area contributed by atoms with Crippen LogP contribution in [0.15, 0.2) is 42.5 Å². The zero-order valence-electron chi connectivity index (χ0n) is 11.8. The molecular formula is C16H25NO. The molecule has 2 nitrogen and oxygen atoms in total. The minimum absolute atomic E-state index is 0.0782. The highest BCUT2D eigenvalue weighted by Gasteiger charge is 2.22. The SMILES string of the molecule is C=C(C)CC(NCCC)C(OC)c1ccccc1. The van der Waals surface area contributed by atoms with Gasteiger partial charge in [0, 0.05) is 13.2 Å². The molecule has 0 saturated heterocycles. The van der Waals surface area contributed by atoms with E-state index >= 15 is 0 Å². The normalized spacial score (nSPS) is 14.2. The molecule has 18 heavy (non-hydrogen) atoms. The van der Waals surface area contributed by atoms with Gasteiger partial charge in [0.1, 0.15) is 0 Å². The Labute approximate surface area is 111 Å². The Morgan fingerprint density at radius 2 is 2.00 bits per heavy atom. The first kappa shape index (κ1) is 14.9. The third kappa shape index (κ3) is 4.63. The molecule has 0 radical (unpaired) electrons. The van der Waals surface area contributed by atoms with E-state index in [-0.39, 0.29) is 12.1 Å². The molecule has 0 amide bonds. The first-order valence-corrected chi connectivity index (χ1v) is 6.64. The first-order valence-electron chi connectivity index (χ1n) is 6.64. The van der Waals surface area contributed by atoms with Crippen molar-refractivity contribution in [3.05, 3.63) is 48.0 Å². The van der Waals surface area contributed by atoms with Crippen molar-refractivity contribution in [2.45, 2.75) is 38.8 Å². The number of rotatable bonds is 8. The van der Waals surface area contributed by atoms with Crippen molar-refractivity contribution in [1.82, 2.24) is 5.32 Å². The molecule has 1 rings (SSSR count). The van der Waals surface area contributed by atoms with Crippen LogP contribution in [0.25, 0.3) is 0 Å². The Bertz CT molecular complexity index is 347. The highest BCUT2D eigenvalue weighted by atomic mass is 16.5. The second-order valence-electron chi connectivity index (χ2n) is 4.79. The second kappa shape index (κ2) is 8.06. The molecule has 1 aromatic rings. The van der Waals surface area contributed by atoms with E-state index in [1.54, 1.807) is 7.11 Å². The van der Waals surface area contributed by atoms with Gasteiger partial charge in [0.2, 0.25) is 0 Å². The zero-order valence-corrected chi connectivity index (χ0v) is 11.8. The predicted molar refractivity (Wildman–Crippen MR) is 77.7 cm³/mol. The van der Waals surface area contributed by atoms with E-state index in [1.807, 2.05) is 6.07 Å². The average molecular weight is 247 g/mol. The third-order valence-corrected chi connectivity index (χ3v) is 2.97. The van der Waals surface area contributed by atoms with Crippen LogP contribution >= 0.6 is 0 Å². The Hall–Kier alpha value is -1.12. The maximum absolute atomic E-state index is 5.69. The van der Waals surface area contributed by atoms with Crippen LogP contribution in [0.5, 0.6) is 0 Å². The summed E-state index contributed by atoms with van der Waals surface area (Å²) in [6, 6.07) is 10.7. The Kier molecular flexibility index (Phi) is 6.69. The van der Waals surface area contributed by atoms with Gasteiger partial charge in [-0.25, -0.2) is 0 Å². The largest absolute Gasteiger partial charge is 0.375 e. The number of methoxy groups -OCH3 is 1. The van der Waals surface area contributed by atoms with E-state index in [9.17, 15) is 0 Å². The van der Waals surface area contributed by atoms with Crippen molar-refractivity contribution in [3.8, 4) is 0 Å². The molecule has 2 heteroatoms.